The van der Waals surface area contributed by atoms with Crippen LogP contribution in [0.15, 0.2) is 46.0 Å². The maximum absolute atomic E-state index is 12.4. The number of halogens is 1. The number of rotatable bonds is 10. The molecule has 2 aromatic carbocycles. The van der Waals surface area contributed by atoms with Gasteiger partial charge in [-0.05, 0) is 60.7 Å². The first-order valence-electron chi connectivity index (χ1n) is 11.2. The number of aryl methyl sites for hydroxylation is 2. The molecule has 0 saturated carbocycles. The molecule has 0 atom stereocenters. The lowest BCUT2D eigenvalue weighted by Crippen LogP contribution is -2.29. The van der Waals surface area contributed by atoms with E-state index in [-0.39, 0.29) is 30.7 Å². The Labute approximate surface area is 218 Å². The Balaban J connectivity index is 1.47. The molecule has 8 nitrogen and oxygen atoms in total. The van der Waals surface area contributed by atoms with Crippen molar-refractivity contribution < 1.29 is 14.3 Å². The smallest absolute Gasteiger partial charge is 0.258 e. The normalized spacial score (nSPS) is 10.9. The molecule has 0 aliphatic rings. The van der Waals surface area contributed by atoms with Gasteiger partial charge in [-0.1, -0.05) is 53.7 Å². The predicted molar refractivity (Wildman–Crippen MR) is 142 cm³/mol. The van der Waals surface area contributed by atoms with E-state index in [1.807, 2.05) is 50.2 Å². The summed E-state index contributed by atoms with van der Waals surface area (Å²) in [6.07, 6.45) is 0. The molecule has 2 amide bonds. The van der Waals surface area contributed by atoms with Gasteiger partial charge in [0.15, 0.2) is 17.6 Å². The second-order valence-corrected chi connectivity index (χ2v) is 10.3. The van der Waals surface area contributed by atoms with E-state index in [2.05, 4.69) is 50.6 Å². The fourth-order valence-corrected chi connectivity index (χ4v) is 4.27. The van der Waals surface area contributed by atoms with E-state index >= 15 is 0 Å². The topological polar surface area (TPSA) is 98.1 Å². The van der Waals surface area contributed by atoms with Gasteiger partial charge in [-0.3, -0.25) is 9.59 Å². The van der Waals surface area contributed by atoms with E-state index in [9.17, 15) is 9.59 Å². The lowest BCUT2D eigenvalue weighted by atomic mass is 10.0. The minimum Gasteiger partial charge on any atom is -0.483 e. The van der Waals surface area contributed by atoms with Crippen molar-refractivity contribution in [3.8, 4) is 5.75 Å². The summed E-state index contributed by atoms with van der Waals surface area (Å²) in [7, 11) is 1.80. The van der Waals surface area contributed by atoms with Gasteiger partial charge in [0, 0.05) is 17.2 Å². The lowest BCUT2D eigenvalue weighted by Gasteiger charge is -2.14. The van der Waals surface area contributed by atoms with Crippen molar-refractivity contribution >= 4 is 45.2 Å². The Morgan fingerprint density at radius 2 is 1.89 bits per heavy atom. The van der Waals surface area contributed by atoms with Crippen molar-refractivity contribution in [1.29, 1.82) is 0 Å². The van der Waals surface area contributed by atoms with E-state index in [0.29, 0.717) is 16.9 Å². The van der Waals surface area contributed by atoms with E-state index in [4.69, 9.17) is 4.74 Å². The Bertz CT molecular complexity index is 1210. The molecule has 0 aliphatic carbocycles. The Kier molecular flexibility index (Phi) is 9.33. The number of carbonyl (C=O) groups excluding carboxylic acids is 2. The van der Waals surface area contributed by atoms with Crippen LogP contribution in [0.3, 0.4) is 0 Å². The molecule has 35 heavy (non-hydrogen) atoms. The highest BCUT2D eigenvalue weighted by Crippen LogP contribution is 2.27. The van der Waals surface area contributed by atoms with Gasteiger partial charge in [-0.15, -0.1) is 10.2 Å². The van der Waals surface area contributed by atoms with Gasteiger partial charge in [0.05, 0.1) is 12.3 Å². The summed E-state index contributed by atoms with van der Waals surface area (Å²) in [5, 5.41) is 14.6. The van der Waals surface area contributed by atoms with E-state index in [1.54, 1.807) is 11.6 Å². The molecular weight excluding hydrogens is 530 g/mol. The summed E-state index contributed by atoms with van der Waals surface area (Å²) in [6.45, 7) is 8.26. The lowest BCUT2D eigenvalue weighted by molar-refractivity contribution is -0.123. The second-order valence-electron chi connectivity index (χ2n) is 8.52. The minimum absolute atomic E-state index is 0.0850. The van der Waals surface area contributed by atoms with Crippen molar-refractivity contribution in [2.45, 2.75) is 45.3 Å². The average Bonchev–Trinajstić information content (AvgIpc) is 3.16. The Morgan fingerprint density at radius 3 is 2.60 bits per heavy atom. The molecule has 1 heterocycles. The first-order valence-corrected chi connectivity index (χ1v) is 13.0. The number of amides is 2. The SMILES string of the molecule is Cc1ccc(C(C)C)c(OCC(=O)NCc2nnc(SCC(=O)Nc3ccc(Br)c(C)c3)n2C)c1. The molecule has 186 valence electrons. The zero-order valence-electron chi connectivity index (χ0n) is 20.5. The third-order valence-corrected chi connectivity index (χ3v) is 7.20. The van der Waals surface area contributed by atoms with Gasteiger partial charge >= 0.3 is 0 Å². The summed E-state index contributed by atoms with van der Waals surface area (Å²) in [5.41, 5.74) is 3.93. The Hall–Kier alpha value is -2.85. The molecule has 0 spiro atoms. The molecule has 3 aromatic rings. The van der Waals surface area contributed by atoms with E-state index in [0.717, 1.165) is 32.6 Å². The van der Waals surface area contributed by atoms with Crippen LogP contribution in [0, 0.1) is 13.8 Å². The monoisotopic (exact) mass is 559 g/mol. The number of hydrogen-bond acceptors (Lipinski definition) is 6. The molecule has 10 heteroatoms. The minimum atomic E-state index is -0.248. The third-order valence-electron chi connectivity index (χ3n) is 5.29. The first kappa shape index (κ1) is 26.7. The highest BCUT2D eigenvalue weighted by atomic mass is 79.9. The fourth-order valence-electron chi connectivity index (χ4n) is 3.29. The molecule has 3 rings (SSSR count). The van der Waals surface area contributed by atoms with Gasteiger partial charge < -0.3 is 19.9 Å². The number of carbonyl (C=O) groups is 2. The summed E-state index contributed by atoms with van der Waals surface area (Å²) in [5.74, 6) is 1.42. The highest BCUT2D eigenvalue weighted by Gasteiger charge is 2.14. The van der Waals surface area contributed by atoms with Crippen LogP contribution in [0.5, 0.6) is 5.75 Å². The van der Waals surface area contributed by atoms with Crippen molar-refractivity contribution in [3.63, 3.8) is 0 Å². The maximum atomic E-state index is 12.4. The van der Waals surface area contributed by atoms with E-state index in [1.165, 1.54) is 11.8 Å². The van der Waals surface area contributed by atoms with Crippen LogP contribution in [0.25, 0.3) is 0 Å². The van der Waals surface area contributed by atoms with Crippen molar-refractivity contribution in [1.82, 2.24) is 20.1 Å². The number of nitrogens with one attached hydrogen (secondary N) is 2. The largest absolute Gasteiger partial charge is 0.483 e. The number of aromatic nitrogens is 3. The summed E-state index contributed by atoms with van der Waals surface area (Å²) in [4.78, 5) is 24.7. The van der Waals surface area contributed by atoms with Crippen LogP contribution >= 0.6 is 27.7 Å². The van der Waals surface area contributed by atoms with E-state index < -0.39 is 0 Å². The van der Waals surface area contributed by atoms with Crippen molar-refractivity contribution in [2.75, 3.05) is 17.7 Å². The van der Waals surface area contributed by atoms with Crippen LogP contribution in [0.2, 0.25) is 0 Å². The number of benzene rings is 2. The number of thioether (sulfide) groups is 1. The average molecular weight is 561 g/mol. The van der Waals surface area contributed by atoms with Gasteiger partial charge in [0.2, 0.25) is 5.91 Å². The molecule has 0 unspecified atom stereocenters. The quantitative estimate of drug-likeness (QED) is 0.348. The van der Waals surface area contributed by atoms with Crippen LogP contribution in [0.4, 0.5) is 5.69 Å². The molecule has 2 N–H and O–H groups in total. The van der Waals surface area contributed by atoms with Gasteiger partial charge in [0.25, 0.3) is 5.91 Å². The fraction of sp³-hybridized carbons (Fsp3) is 0.360. The molecule has 0 aliphatic heterocycles. The van der Waals surface area contributed by atoms with Gasteiger partial charge in [0.1, 0.15) is 5.75 Å². The first-order chi connectivity index (χ1) is 16.6. The highest BCUT2D eigenvalue weighted by molar-refractivity contribution is 9.10. The maximum Gasteiger partial charge on any atom is 0.258 e. The third kappa shape index (κ3) is 7.57. The molecular formula is C25H30BrN5O3S. The number of nitrogens with zero attached hydrogens (tertiary/aromatic N) is 3. The molecule has 0 fully saturated rings. The zero-order valence-corrected chi connectivity index (χ0v) is 22.9. The van der Waals surface area contributed by atoms with Gasteiger partial charge in [-0.2, -0.15) is 0 Å². The molecule has 0 bridgehead atoms. The summed E-state index contributed by atoms with van der Waals surface area (Å²) < 4.78 is 8.54. The second kappa shape index (κ2) is 12.2. The van der Waals surface area contributed by atoms with Crippen molar-refractivity contribution in [2.24, 2.45) is 7.05 Å². The predicted octanol–water partition coefficient (Wildman–Crippen LogP) is 4.74. The zero-order chi connectivity index (χ0) is 25.5. The summed E-state index contributed by atoms with van der Waals surface area (Å²) in [6, 6.07) is 11.7. The number of hydrogen-bond donors (Lipinski definition) is 2. The molecule has 1 aromatic heterocycles. The van der Waals surface area contributed by atoms with Crippen LogP contribution < -0.4 is 15.4 Å². The van der Waals surface area contributed by atoms with Crippen molar-refractivity contribution in [3.05, 3.63) is 63.4 Å². The van der Waals surface area contributed by atoms with Crippen LogP contribution in [-0.4, -0.2) is 38.9 Å². The van der Waals surface area contributed by atoms with Crippen LogP contribution in [-0.2, 0) is 23.2 Å². The standard InChI is InChI=1S/C25H30BrN5O3S/c1-15(2)19-8-6-16(3)10-21(19)34-13-23(32)27-12-22-29-30-25(31(22)5)35-14-24(33)28-18-7-9-20(26)17(4)11-18/h6-11,15H,12-14H2,1-5H3,(H,27,32)(H,28,33). The number of anilines is 1. The number of ether oxygens (including phenoxy) is 1. The molecule has 0 saturated heterocycles. The summed E-state index contributed by atoms with van der Waals surface area (Å²) >= 11 is 4.73. The molecule has 0 radical (unpaired) electrons. The van der Waals surface area contributed by atoms with Crippen LogP contribution in [0.1, 0.15) is 42.3 Å². The van der Waals surface area contributed by atoms with Gasteiger partial charge in [-0.25, -0.2) is 0 Å². The Morgan fingerprint density at radius 1 is 1.11 bits per heavy atom.